The summed E-state index contributed by atoms with van der Waals surface area (Å²) in [6, 6.07) is 11.6. The van der Waals surface area contributed by atoms with E-state index in [1.54, 1.807) is 25.1 Å². The molecule has 3 aromatic rings. The maximum atomic E-state index is 6.19. The van der Waals surface area contributed by atoms with E-state index in [9.17, 15) is 0 Å². The van der Waals surface area contributed by atoms with E-state index in [1.165, 1.54) is 16.9 Å². The lowest BCUT2D eigenvalue weighted by molar-refractivity contribution is 0.414. The van der Waals surface area contributed by atoms with Gasteiger partial charge in [0.2, 0.25) is 0 Å². The lowest BCUT2D eigenvalue weighted by atomic mass is 10.2. The Hall–Kier alpha value is -1.27. The minimum atomic E-state index is 0.639. The Balaban J connectivity index is 1.73. The number of hydrogen-bond donors (Lipinski definition) is 0. The van der Waals surface area contributed by atoms with Gasteiger partial charge in [-0.2, -0.15) is 0 Å². The average molecular weight is 383 g/mol. The number of aromatic nitrogens is 2. The van der Waals surface area contributed by atoms with Gasteiger partial charge in [-0.3, -0.25) is 0 Å². The number of thiophene rings is 1. The highest BCUT2D eigenvalue weighted by Crippen LogP contribution is 2.37. The highest BCUT2D eigenvalue weighted by atomic mass is 35.5. The molecule has 0 spiro atoms. The molecule has 2 heterocycles. The van der Waals surface area contributed by atoms with E-state index in [-0.39, 0.29) is 0 Å². The quantitative estimate of drug-likeness (QED) is 0.411. The molecule has 0 saturated carbocycles. The zero-order valence-electron chi connectivity index (χ0n) is 12.1. The first-order chi connectivity index (χ1) is 11.2. The highest BCUT2D eigenvalue weighted by molar-refractivity contribution is 7.98. The molecule has 0 aliphatic carbocycles. The van der Waals surface area contributed by atoms with Crippen molar-refractivity contribution in [2.45, 2.75) is 10.9 Å². The Morgan fingerprint density at radius 1 is 1.17 bits per heavy atom. The number of thioether (sulfide) groups is 1. The first kappa shape index (κ1) is 16.6. The van der Waals surface area contributed by atoms with E-state index < -0.39 is 0 Å². The molecule has 0 atom stereocenters. The monoisotopic (exact) mass is 382 g/mol. The third-order valence-corrected chi connectivity index (χ3v) is 5.51. The SMILES string of the molecule is COc1ccc(CSc2nccc(-c3cc(Cl)sc3Cl)n2)cc1. The summed E-state index contributed by atoms with van der Waals surface area (Å²) in [7, 11) is 1.66. The summed E-state index contributed by atoms with van der Waals surface area (Å²) >= 11 is 15.1. The fourth-order valence-corrected chi connectivity index (χ4v) is 4.21. The van der Waals surface area contributed by atoms with Gasteiger partial charge in [0.15, 0.2) is 5.16 Å². The van der Waals surface area contributed by atoms with Crippen molar-refractivity contribution >= 4 is 46.3 Å². The minimum absolute atomic E-state index is 0.639. The molecule has 3 nitrogen and oxygen atoms in total. The van der Waals surface area contributed by atoms with Crippen LogP contribution in [0.3, 0.4) is 0 Å². The number of ether oxygens (including phenoxy) is 1. The van der Waals surface area contributed by atoms with Crippen LogP contribution in [-0.4, -0.2) is 17.1 Å². The predicted octanol–water partition coefficient (Wildman–Crippen LogP) is 5.81. The predicted molar refractivity (Wildman–Crippen MR) is 97.9 cm³/mol. The number of benzene rings is 1. The van der Waals surface area contributed by atoms with Crippen molar-refractivity contribution in [1.29, 1.82) is 0 Å². The van der Waals surface area contributed by atoms with E-state index in [2.05, 4.69) is 9.97 Å². The van der Waals surface area contributed by atoms with Crippen LogP contribution in [0.4, 0.5) is 0 Å². The van der Waals surface area contributed by atoms with Crippen molar-refractivity contribution in [2.24, 2.45) is 0 Å². The van der Waals surface area contributed by atoms with E-state index in [0.29, 0.717) is 13.8 Å². The van der Waals surface area contributed by atoms with Gasteiger partial charge in [-0.15, -0.1) is 11.3 Å². The number of methoxy groups -OCH3 is 1. The van der Waals surface area contributed by atoms with Crippen molar-refractivity contribution in [1.82, 2.24) is 9.97 Å². The second-order valence-electron chi connectivity index (χ2n) is 4.60. The van der Waals surface area contributed by atoms with Crippen molar-refractivity contribution in [3.05, 3.63) is 56.8 Å². The topological polar surface area (TPSA) is 35.0 Å². The summed E-state index contributed by atoms with van der Waals surface area (Å²) in [5.74, 6) is 1.63. The highest BCUT2D eigenvalue weighted by Gasteiger charge is 2.11. The van der Waals surface area contributed by atoms with Crippen LogP contribution in [0.1, 0.15) is 5.56 Å². The van der Waals surface area contributed by atoms with Gasteiger partial charge < -0.3 is 4.74 Å². The first-order valence-corrected chi connectivity index (χ1v) is 9.25. The maximum absolute atomic E-state index is 6.19. The van der Waals surface area contributed by atoms with Gasteiger partial charge in [0.1, 0.15) is 10.1 Å². The first-order valence-electron chi connectivity index (χ1n) is 6.69. The number of nitrogens with zero attached hydrogens (tertiary/aromatic N) is 2. The van der Waals surface area contributed by atoms with Gasteiger partial charge >= 0.3 is 0 Å². The Morgan fingerprint density at radius 2 is 1.96 bits per heavy atom. The van der Waals surface area contributed by atoms with E-state index in [0.717, 1.165) is 22.8 Å². The maximum Gasteiger partial charge on any atom is 0.188 e. The van der Waals surface area contributed by atoms with Gasteiger partial charge in [0, 0.05) is 17.5 Å². The summed E-state index contributed by atoms with van der Waals surface area (Å²) in [6.07, 6.45) is 1.74. The minimum Gasteiger partial charge on any atom is -0.497 e. The molecule has 0 bridgehead atoms. The molecule has 0 amide bonds. The molecule has 0 aliphatic rings. The molecule has 2 aromatic heterocycles. The molecule has 0 radical (unpaired) electrons. The number of hydrogen-bond acceptors (Lipinski definition) is 5. The Kier molecular flexibility index (Phi) is 5.43. The van der Waals surface area contributed by atoms with Crippen LogP contribution in [0.25, 0.3) is 11.3 Å². The standard InChI is InChI=1S/C16H12Cl2N2OS2/c1-21-11-4-2-10(3-5-11)9-22-16-19-7-6-13(20-16)12-8-14(17)23-15(12)18/h2-8H,9H2,1H3. The molecule has 0 aliphatic heterocycles. The van der Waals surface area contributed by atoms with E-state index in [1.807, 2.05) is 36.4 Å². The Morgan fingerprint density at radius 3 is 2.61 bits per heavy atom. The molecule has 118 valence electrons. The van der Waals surface area contributed by atoms with Gasteiger partial charge in [-0.25, -0.2) is 9.97 Å². The molecule has 1 aromatic carbocycles. The van der Waals surface area contributed by atoms with Crippen molar-refractivity contribution < 1.29 is 4.74 Å². The molecular weight excluding hydrogens is 371 g/mol. The summed E-state index contributed by atoms with van der Waals surface area (Å²) < 4.78 is 6.44. The molecule has 0 fully saturated rings. The van der Waals surface area contributed by atoms with Crippen LogP contribution >= 0.6 is 46.3 Å². The van der Waals surface area contributed by atoms with Crippen LogP contribution in [0.2, 0.25) is 8.67 Å². The largest absolute Gasteiger partial charge is 0.497 e. The third-order valence-electron chi connectivity index (χ3n) is 3.09. The lowest BCUT2D eigenvalue weighted by Crippen LogP contribution is -1.90. The summed E-state index contributed by atoms with van der Waals surface area (Å²) in [5.41, 5.74) is 2.81. The van der Waals surface area contributed by atoms with Crippen LogP contribution in [0.5, 0.6) is 5.75 Å². The second kappa shape index (κ2) is 7.53. The molecule has 0 saturated heterocycles. The normalized spacial score (nSPS) is 10.7. The summed E-state index contributed by atoms with van der Waals surface area (Å²) in [4.78, 5) is 8.86. The van der Waals surface area contributed by atoms with Crippen molar-refractivity contribution in [3.63, 3.8) is 0 Å². The second-order valence-corrected chi connectivity index (χ2v) is 7.83. The van der Waals surface area contributed by atoms with Gasteiger partial charge in [0.25, 0.3) is 0 Å². The molecule has 7 heteroatoms. The number of rotatable bonds is 5. The zero-order valence-corrected chi connectivity index (χ0v) is 15.3. The Bertz CT molecular complexity index is 806. The molecule has 23 heavy (non-hydrogen) atoms. The van der Waals surface area contributed by atoms with E-state index in [4.69, 9.17) is 27.9 Å². The average Bonchev–Trinajstić information content (AvgIpc) is 2.92. The smallest absolute Gasteiger partial charge is 0.188 e. The van der Waals surface area contributed by atoms with E-state index >= 15 is 0 Å². The van der Waals surface area contributed by atoms with Crippen molar-refractivity contribution in [2.75, 3.05) is 7.11 Å². The van der Waals surface area contributed by atoms with Gasteiger partial charge in [-0.1, -0.05) is 47.1 Å². The summed E-state index contributed by atoms with van der Waals surface area (Å²) in [6.45, 7) is 0. The lowest BCUT2D eigenvalue weighted by Gasteiger charge is -2.04. The molecule has 0 N–H and O–H groups in total. The molecule has 0 unspecified atom stereocenters. The van der Waals surface area contributed by atoms with Crippen LogP contribution in [-0.2, 0) is 5.75 Å². The van der Waals surface area contributed by atoms with Crippen LogP contribution in [0, 0.1) is 0 Å². The van der Waals surface area contributed by atoms with Gasteiger partial charge in [0.05, 0.1) is 17.1 Å². The van der Waals surface area contributed by atoms with Crippen LogP contribution in [0.15, 0.2) is 47.8 Å². The summed E-state index contributed by atoms with van der Waals surface area (Å²) in [5, 5.41) is 0.705. The fourth-order valence-electron chi connectivity index (χ4n) is 1.94. The Labute approximate surface area is 152 Å². The van der Waals surface area contributed by atoms with Crippen molar-refractivity contribution in [3.8, 4) is 17.0 Å². The molecule has 3 rings (SSSR count). The third kappa shape index (κ3) is 4.18. The fraction of sp³-hybridized carbons (Fsp3) is 0.125. The van der Waals surface area contributed by atoms with Gasteiger partial charge in [-0.05, 0) is 29.8 Å². The number of halogens is 2. The molecular formula is C16H12Cl2N2OS2. The van der Waals surface area contributed by atoms with Crippen LogP contribution < -0.4 is 4.74 Å². The zero-order chi connectivity index (χ0) is 16.2.